The molecule has 6 rings (SSSR count). The monoisotopic (exact) mass is 557 g/mol. The molecule has 1 aromatic heterocycles. The van der Waals surface area contributed by atoms with Gasteiger partial charge in [0.05, 0.1) is 5.25 Å². The van der Waals surface area contributed by atoms with Gasteiger partial charge in [-0.2, -0.15) is 0 Å². The molecule has 0 aliphatic rings. The number of hydrogen-bond acceptors (Lipinski definition) is 3. The number of hydrogen-bond donors (Lipinski definition) is 2. The predicted octanol–water partition coefficient (Wildman–Crippen LogP) is 8.73. The van der Waals surface area contributed by atoms with Crippen LogP contribution in [-0.4, -0.2) is 21.6 Å². The number of amides is 2. The first-order valence-corrected chi connectivity index (χ1v) is 14.8. The Kier molecular flexibility index (Phi) is 7.49. The Morgan fingerprint density at radius 1 is 0.707 bits per heavy atom. The van der Waals surface area contributed by atoms with Crippen LogP contribution in [0.1, 0.15) is 30.6 Å². The molecule has 1 unspecified atom stereocenters. The molecule has 5 aromatic carbocycles. The highest BCUT2D eigenvalue weighted by atomic mass is 32.2. The van der Waals surface area contributed by atoms with Crippen molar-refractivity contribution in [2.24, 2.45) is 0 Å². The van der Waals surface area contributed by atoms with Crippen molar-refractivity contribution in [1.29, 1.82) is 0 Å². The van der Waals surface area contributed by atoms with Crippen molar-refractivity contribution in [3.8, 4) is 0 Å². The number of benzene rings is 5. The lowest BCUT2D eigenvalue weighted by atomic mass is 10.1. The van der Waals surface area contributed by atoms with E-state index < -0.39 is 0 Å². The van der Waals surface area contributed by atoms with Crippen LogP contribution in [0.3, 0.4) is 0 Å². The van der Waals surface area contributed by atoms with Crippen LogP contribution in [0.25, 0.3) is 32.6 Å². The van der Waals surface area contributed by atoms with Gasteiger partial charge in [-0.15, -0.1) is 11.8 Å². The fraction of sp³-hybridized carbons (Fsp3) is 0.143. The fourth-order valence-electron chi connectivity index (χ4n) is 5.36. The summed E-state index contributed by atoms with van der Waals surface area (Å²) < 4.78 is 2.30. The van der Waals surface area contributed by atoms with Gasteiger partial charge in [0.2, 0.25) is 5.91 Å². The standard InChI is InChI=1S/C35H31N3O2S/c1-3-33(35(40)37-27-18-19-32-30(22-27)29-14-7-8-15-31(29)38(32)4-2)41-28-13-9-12-26(21-28)36-34(39)25-17-16-23-10-5-6-11-24(23)20-25/h5-22,33H,3-4H2,1-2H3,(H,36,39)(H,37,40). The lowest BCUT2D eigenvalue weighted by molar-refractivity contribution is -0.115. The Balaban J connectivity index is 1.16. The van der Waals surface area contributed by atoms with Crippen molar-refractivity contribution >= 4 is 67.5 Å². The number of carbonyl (C=O) groups excluding carboxylic acids is 2. The second-order valence-electron chi connectivity index (χ2n) is 10.0. The van der Waals surface area contributed by atoms with Crippen LogP contribution in [0.2, 0.25) is 0 Å². The topological polar surface area (TPSA) is 63.1 Å². The number of aromatic nitrogens is 1. The summed E-state index contributed by atoms with van der Waals surface area (Å²) in [5, 5.41) is 10.3. The minimum Gasteiger partial charge on any atom is -0.341 e. The van der Waals surface area contributed by atoms with Crippen molar-refractivity contribution in [2.75, 3.05) is 10.6 Å². The maximum absolute atomic E-state index is 13.4. The van der Waals surface area contributed by atoms with E-state index in [4.69, 9.17) is 0 Å². The summed E-state index contributed by atoms with van der Waals surface area (Å²) in [4.78, 5) is 27.2. The third kappa shape index (κ3) is 5.43. The largest absolute Gasteiger partial charge is 0.341 e. The molecule has 2 amide bonds. The summed E-state index contributed by atoms with van der Waals surface area (Å²) in [6.45, 7) is 5.04. The minimum atomic E-state index is -0.283. The Morgan fingerprint density at radius 3 is 2.29 bits per heavy atom. The zero-order valence-corrected chi connectivity index (χ0v) is 23.9. The van der Waals surface area contributed by atoms with E-state index in [1.807, 2.05) is 79.7 Å². The van der Waals surface area contributed by atoms with E-state index in [2.05, 4.69) is 58.5 Å². The quantitative estimate of drug-likeness (QED) is 0.184. The third-order valence-electron chi connectivity index (χ3n) is 7.40. The number of nitrogens with zero attached hydrogens (tertiary/aromatic N) is 1. The molecule has 6 aromatic rings. The molecule has 0 radical (unpaired) electrons. The SMILES string of the molecule is CCC(Sc1cccc(NC(=O)c2ccc3ccccc3c2)c1)C(=O)Nc1ccc2c(c1)c1ccccc1n2CC. The van der Waals surface area contributed by atoms with Gasteiger partial charge >= 0.3 is 0 Å². The Morgan fingerprint density at radius 2 is 1.46 bits per heavy atom. The second kappa shape index (κ2) is 11.5. The van der Waals surface area contributed by atoms with E-state index in [1.54, 1.807) is 0 Å². The molecule has 204 valence electrons. The highest BCUT2D eigenvalue weighted by Crippen LogP contribution is 2.32. The number of carbonyl (C=O) groups is 2. The summed E-state index contributed by atoms with van der Waals surface area (Å²) >= 11 is 1.50. The predicted molar refractivity (Wildman–Crippen MR) is 172 cm³/mol. The molecule has 0 saturated carbocycles. The van der Waals surface area contributed by atoms with Crippen molar-refractivity contribution in [2.45, 2.75) is 37.0 Å². The Bertz CT molecular complexity index is 1910. The molecular formula is C35H31N3O2S. The van der Waals surface area contributed by atoms with E-state index in [0.717, 1.165) is 38.8 Å². The van der Waals surface area contributed by atoms with Gasteiger partial charge in [0.15, 0.2) is 0 Å². The van der Waals surface area contributed by atoms with Crippen molar-refractivity contribution in [3.05, 3.63) is 115 Å². The van der Waals surface area contributed by atoms with Crippen LogP contribution in [0.4, 0.5) is 11.4 Å². The van der Waals surface area contributed by atoms with Gasteiger partial charge in [-0.3, -0.25) is 9.59 Å². The first kappa shape index (κ1) is 26.7. The number of para-hydroxylation sites is 1. The van der Waals surface area contributed by atoms with Crippen LogP contribution >= 0.6 is 11.8 Å². The maximum atomic E-state index is 13.4. The fourth-order valence-corrected chi connectivity index (χ4v) is 6.38. The summed E-state index contributed by atoms with van der Waals surface area (Å²) in [6, 6.07) is 35.9. The molecule has 0 bridgehead atoms. The van der Waals surface area contributed by atoms with Crippen LogP contribution in [0.15, 0.2) is 114 Å². The van der Waals surface area contributed by atoms with Crippen LogP contribution in [0, 0.1) is 0 Å². The average Bonchev–Trinajstić information content (AvgIpc) is 3.32. The van der Waals surface area contributed by atoms with Gasteiger partial charge in [0.25, 0.3) is 5.91 Å². The van der Waals surface area contributed by atoms with Gasteiger partial charge in [-0.25, -0.2) is 0 Å². The number of anilines is 2. The van der Waals surface area contributed by atoms with E-state index in [0.29, 0.717) is 17.7 Å². The molecule has 2 N–H and O–H groups in total. The summed E-state index contributed by atoms with van der Waals surface area (Å²) in [5.41, 5.74) is 4.45. The first-order valence-electron chi connectivity index (χ1n) is 13.9. The summed E-state index contributed by atoms with van der Waals surface area (Å²) in [7, 11) is 0. The highest BCUT2D eigenvalue weighted by molar-refractivity contribution is 8.00. The lowest BCUT2D eigenvalue weighted by Crippen LogP contribution is -2.24. The molecule has 1 atom stereocenters. The van der Waals surface area contributed by atoms with Crippen LogP contribution in [-0.2, 0) is 11.3 Å². The van der Waals surface area contributed by atoms with E-state index >= 15 is 0 Å². The third-order valence-corrected chi connectivity index (χ3v) is 8.76. The van der Waals surface area contributed by atoms with Crippen molar-refractivity contribution in [1.82, 2.24) is 4.57 Å². The van der Waals surface area contributed by atoms with Gasteiger partial charge in [-0.05, 0) is 78.7 Å². The Labute approximate surface area is 243 Å². The van der Waals surface area contributed by atoms with Crippen LogP contribution < -0.4 is 10.6 Å². The van der Waals surface area contributed by atoms with Crippen molar-refractivity contribution < 1.29 is 9.59 Å². The first-order chi connectivity index (χ1) is 20.0. The highest BCUT2D eigenvalue weighted by Gasteiger charge is 2.19. The lowest BCUT2D eigenvalue weighted by Gasteiger charge is -2.16. The zero-order chi connectivity index (χ0) is 28.3. The molecule has 41 heavy (non-hydrogen) atoms. The second-order valence-corrected chi connectivity index (χ2v) is 11.3. The molecule has 0 aliphatic heterocycles. The van der Waals surface area contributed by atoms with Gasteiger partial charge in [0.1, 0.15) is 0 Å². The van der Waals surface area contributed by atoms with E-state index in [1.165, 1.54) is 22.7 Å². The van der Waals surface area contributed by atoms with E-state index in [9.17, 15) is 9.59 Å². The molecule has 0 spiro atoms. The minimum absolute atomic E-state index is 0.0401. The summed E-state index contributed by atoms with van der Waals surface area (Å²) in [6.07, 6.45) is 0.668. The number of aryl methyl sites for hydroxylation is 1. The molecule has 6 heteroatoms. The van der Waals surface area contributed by atoms with Gasteiger partial charge < -0.3 is 15.2 Å². The molecule has 0 saturated heterocycles. The summed E-state index contributed by atoms with van der Waals surface area (Å²) in [5.74, 6) is -0.204. The normalized spacial score (nSPS) is 12.0. The molecule has 0 fully saturated rings. The van der Waals surface area contributed by atoms with Crippen molar-refractivity contribution in [3.63, 3.8) is 0 Å². The number of nitrogens with one attached hydrogen (secondary N) is 2. The van der Waals surface area contributed by atoms with Gasteiger partial charge in [-0.1, -0.05) is 61.5 Å². The Hall–Kier alpha value is -4.55. The number of rotatable bonds is 8. The number of fused-ring (bicyclic) bond motifs is 4. The van der Waals surface area contributed by atoms with Crippen LogP contribution in [0.5, 0.6) is 0 Å². The molecule has 0 aliphatic carbocycles. The van der Waals surface area contributed by atoms with E-state index in [-0.39, 0.29) is 17.1 Å². The number of thioether (sulfide) groups is 1. The zero-order valence-electron chi connectivity index (χ0n) is 23.1. The molecule has 1 heterocycles. The maximum Gasteiger partial charge on any atom is 0.255 e. The molecular weight excluding hydrogens is 526 g/mol. The smallest absolute Gasteiger partial charge is 0.255 e. The van der Waals surface area contributed by atoms with Gasteiger partial charge in [0, 0.05) is 50.2 Å². The molecule has 5 nitrogen and oxygen atoms in total. The average molecular weight is 558 g/mol.